The Morgan fingerprint density at radius 3 is 2.29 bits per heavy atom. The molecule has 5 heteroatoms. The molecule has 14 heavy (non-hydrogen) atoms. The standard InChI is InChI=1S/C9H5ClF3N/c10-7-3-5(8-4-14-8)1-2-6(7)9(11,12)13/h1-4,14H. The number of rotatable bonds is 1. The molecule has 0 aromatic heterocycles. The second kappa shape index (κ2) is 2.92. The van der Waals surface area contributed by atoms with Gasteiger partial charge in [0.1, 0.15) is 0 Å². The molecule has 1 aliphatic heterocycles. The van der Waals surface area contributed by atoms with Gasteiger partial charge < -0.3 is 5.32 Å². The lowest BCUT2D eigenvalue weighted by Gasteiger charge is -2.08. The molecular weight excluding hydrogens is 215 g/mol. The van der Waals surface area contributed by atoms with E-state index in [0.717, 1.165) is 11.8 Å². The normalized spacial score (nSPS) is 14.7. The summed E-state index contributed by atoms with van der Waals surface area (Å²) in [6, 6.07) is 3.68. The van der Waals surface area contributed by atoms with Crippen LogP contribution < -0.4 is 5.32 Å². The van der Waals surface area contributed by atoms with Crippen molar-refractivity contribution in [2.24, 2.45) is 0 Å². The first kappa shape index (κ1) is 9.40. The van der Waals surface area contributed by atoms with Crippen LogP contribution >= 0.6 is 11.6 Å². The van der Waals surface area contributed by atoms with Gasteiger partial charge in [-0.15, -0.1) is 0 Å². The van der Waals surface area contributed by atoms with Crippen molar-refractivity contribution in [1.29, 1.82) is 0 Å². The van der Waals surface area contributed by atoms with Crippen molar-refractivity contribution < 1.29 is 13.2 Å². The Morgan fingerprint density at radius 1 is 1.21 bits per heavy atom. The molecule has 1 nitrogen and oxygen atoms in total. The molecule has 0 radical (unpaired) electrons. The second-order valence-corrected chi connectivity index (χ2v) is 3.30. The maximum absolute atomic E-state index is 12.3. The number of nitrogens with one attached hydrogen (secondary N) is 1. The van der Waals surface area contributed by atoms with Crippen molar-refractivity contribution in [2.45, 2.75) is 6.18 Å². The van der Waals surface area contributed by atoms with Crippen LogP contribution in [0.3, 0.4) is 0 Å². The third-order valence-electron chi connectivity index (χ3n) is 1.87. The average Bonchev–Trinajstić information content (AvgIpc) is 2.83. The first-order valence-corrected chi connectivity index (χ1v) is 4.20. The number of alkyl halides is 3. The van der Waals surface area contributed by atoms with Crippen LogP contribution in [-0.4, -0.2) is 0 Å². The molecule has 1 aliphatic rings. The minimum Gasteiger partial charge on any atom is -0.358 e. The Kier molecular flexibility index (Phi) is 1.96. The largest absolute Gasteiger partial charge is 0.417 e. The number of halogens is 4. The van der Waals surface area contributed by atoms with Gasteiger partial charge >= 0.3 is 6.18 Å². The third-order valence-corrected chi connectivity index (χ3v) is 2.19. The molecule has 0 aliphatic carbocycles. The molecule has 1 aromatic carbocycles. The Balaban J connectivity index is 2.41. The number of hydrogen-bond donors (Lipinski definition) is 1. The van der Waals surface area contributed by atoms with Gasteiger partial charge in [-0.3, -0.25) is 0 Å². The topological polar surface area (TPSA) is 21.9 Å². The Morgan fingerprint density at radius 2 is 1.86 bits per heavy atom. The van der Waals surface area contributed by atoms with Crippen molar-refractivity contribution in [3.05, 3.63) is 40.5 Å². The highest BCUT2D eigenvalue weighted by atomic mass is 35.5. The van der Waals surface area contributed by atoms with Gasteiger partial charge in [-0.25, -0.2) is 0 Å². The summed E-state index contributed by atoms with van der Waals surface area (Å²) in [7, 11) is 0. The quantitative estimate of drug-likeness (QED) is 0.769. The van der Waals surface area contributed by atoms with E-state index >= 15 is 0 Å². The van der Waals surface area contributed by atoms with E-state index in [1.165, 1.54) is 12.1 Å². The predicted octanol–water partition coefficient (Wildman–Crippen LogP) is 3.26. The van der Waals surface area contributed by atoms with Crippen LogP contribution in [0.1, 0.15) is 11.1 Å². The molecule has 0 unspecified atom stereocenters. The predicted molar refractivity (Wildman–Crippen MR) is 47.6 cm³/mol. The van der Waals surface area contributed by atoms with E-state index < -0.39 is 11.7 Å². The van der Waals surface area contributed by atoms with Gasteiger partial charge in [-0.2, -0.15) is 13.2 Å². The van der Waals surface area contributed by atoms with Crippen LogP contribution in [0, 0.1) is 0 Å². The van der Waals surface area contributed by atoms with E-state index in [-0.39, 0.29) is 5.02 Å². The highest BCUT2D eigenvalue weighted by Crippen LogP contribution is 2.36. The highest BCUT2D eigenvalue weighted by molar-refractivity contribution is 6.31. The van der Waals surface area contributed by atoms with Crippen LogP contribution in [0.5, 0.6) is 0 Å². The minimum atomic E-state index is -4.39. The second-order valence-electron chi connectivity index (χ2n) is 2.89. The molecule has 0 saturated carbocycles. The smallest absolute Gasteiger partial charge is 0.358 e. The lowest BCUT2D eigenvalue weighted by Crippen LogP contribution is -2.05. The maximum Gasteiger partial charge on any atom is 0.417 e. The van der Waals surface area contributed by atoms with Gasteiger partial charge in [0.25, 0.3) is 0 Å². The van der Waals surface area contributed by atoms with Gasteiger partial charge in [0.2, 0.25) is 0 Å². The summed E-state index contributed by atoms with van der Waals surface area (Å²) in [5, 5.41) is 2.51. The van der Waals surface area contributed by atoms with E-state index in [2.05, 4.69) is 5.32 Å². The average molecular weight is 220 g/mol. The Labute approximate surface area is 83.2 Å². The maximum atomic E-state index is 12.3. The van der Waals surface area contributed by atoms with Crippen LogP contribution in [-0.2, 0) is 6.18 Å². The van der Waals surface area contributed by atoms with Crippen molar-refractivity contribution in [2.75, 3.05) is 0 Å². The molecule has 1 N–H and O–H groups in total. The van der Waals surface area contributed by atoms with Crippen LogP contribution in [0.15, 0.2) is 24.4 Å². The fraction of sp³-hybridized carbons (Fsp3) is 0.111. The highest BCUT2D eigenvalue weighted by Gasteiger charge is 2.33. The summed E-state index contributed by atoms with van der Waals surface area (Å²) < 4.78 is 36.8. The molecule has 0 saturated heterocycles. The van der Waals surface area contributed by atoms with E-state index in [0.29, 0.717) is 5.56 Å². The van der Waals surface area contributed by atoms with Crippen molar-refractivity contribution in [1.82, 2.24) is 5.32 Å². The summed E-state index contributed by atoms with van der Waals surface area (Å²) in [6.45, 7) is 0. The van der Waals surface area contributed by atoms with Crippen molar-refractivity contribution >= 4 is 17.3 Å². The monoisotopic (exact) mass is 219 g/mol. The Bertz CT molecular complexity index is 409. The van der Waals surface area contributed by atoms with Crippen molar-refractivity contribution in [3.63, 3.8) is 0 Å². The minimum absolute atomic E-state index is 0.274. The fourth-order valence-corrected chi connectivity index (χ4v) is 1.40. The molecule has 0 fully saturated rings. The SMILES string of the molecule is FC(F)(F)c1ccc(C2=CN2)cc1Cl. The van der Waals surface area contributed by atoms with E-state index in [4.69, 9.17) is 11.6 Å². The summed E-state index contributed by atoms with van der Waals surface area (Å²) in [4.78, 5) is 0. The molecule has 0 atom stereocenters. The molecular formula is C9H5ClF3N. The van der Waals surface area contributed by atoms with Gasteiger partial charge in [-0.05, 0) is 12.1 Å². The first-order valence-electron chi connectivity index (χ1n) is 3.82. The lowest BCUT2D eigenvalue weighted by atomic mass is 10.1. The fourth-order valence-electron chi connectivity index (χ4n) is 1.12. The number of hydrogen-bond acceptors (Lipinski definition) is 1. The number of benzene rings is 1. The molecule has 1 aromatic rings. The van der Waals surface area contributed by atoms with Crippen LogP contribution in [0.25, 0.3) is 5.70 Å². The lowest BCUT2D eigenvalue weighted by molar-refractivity contribution is -0.137. The molecule has 0 amide bonds. The van der Waals surface area contributed by atoms with Gasteiger partial charge in [0, 0.05) is 11.8 Å². The third kappa shape index (κ3) is 1.70. The molecule has 2 rings (SSSR count). The zero-order valence-corrected chi connectivity index (χ0v) is 7.58. The van der Waals surface area contributed by atoms with E-state index in [1.807, 2.05) is 0 Å². The molecule has 0 bridgehead atoms. The zero-order valence-electron chi connectivity index (χ0n) is 6.82. The summed E-state index contributed by atoms with van der Waals surface area (Å²) in [6.07, 6.45) is -2.69. The van der Waals surface area contributed by atoms with Crippen molar-refractivity contribution in [3.8, 4) is 0 Å². The summed E-state index contributed by atoms with van der Waals surface area (Å²) >= 11 is 5.51. The summed E-state index contributed by atoms with van der Waals surface area (Å²) in [5.74, 6) is 0. The molecule has 1 heterocycles. The van der Waals surface area contributed by atoms with Crippen LogP contribution in [0.2, 0.25) is 5.02 Å². The zero-order chi connectivity index (χ0) is 10.3. The van der Waals surface area contributed by atoms with Gasteiger partial charge in [-0.1, -0.05) is 17.7 Å². The van der Waals surface area contributed by atoms with E-state index in [1.54, 1.807) is 6.20 Å². The van der Waals surface area contributed by atoms with Crippen LogP contribution in [0.4, 0.5) is 13.2 Å². The van der Waals surface area contributed by atoms with Gasteiger partial charge in [0.05, 0.1) is 16.3 Å². The molecule has 74 valence electrons. The Hall–Kier alpha value is -1.16. The van der Waals surface area contributed by atoms with Gasteiger partial charge in [0.15, 0.2) is 0 Å². The van der Waals surface area contributed by atoms with E-state index in [9.17, 15) is 13.2 Å². The summed E-state index contributed by atoms with van der Waals surface area (Å²) in [5.41, 5.74) is 0.674. The molecule has 0 spiro atoms. The first-order chi connectivity index (χ1) is 6.48.